The molecule has 6 heteroatoms. The summed E-state index contributed by atoms with van der Waals surface area (Å²) < 4.78 is 1.91. The van der Waals surface area contributed by atoms with E-state index in [1.807, 2.05) is 30.7 Å². The van der Waals surface area contributed by atoms with Crippen molar-refractivity contribution >= 4 is 17.0 Å². The second kappa shape index (κ2) is 5.65. The molecule has 0 aliphatic carbocycles. The molecule has 2 heterocycles. The lowest BCUT2D eigenvalue weighted by Gasteiger charge is -2.13. The number of nitrogens with zero attached hydrogens (tertiary/aromatic N) is 4. The number of anilines is 1. The van der Waals surface area contributed by atoms with Crippen LogP contribution in [0.15, 0.2) is 36.0 Å². The molecule has 0 saturated heterocycles. The van der Waals surface area contributed by atoms with Gasteiger partial charge in [0.1, 0.15) is 6.33 Å². The van der Waals surface area contributed by atoms with Crippen molar-refractivity contribution in [1.29, 1.82) is 0 Å². The van der Waals surface area contributed by atoms with E-state index in [0.29, 0.717) is 0 Å². The summed E-state index contributed by atoms with van der Waals surface area (Å²) in [5.74, 6) is 0.865. The molecule has 1 N–H and O–H groups in total. The third-order valence-electron chi connectivity index (χ3n) is 3.32. The van der Waals surface area contributed by atoms with E-state index in [4.69, 9.17) is 0 Å². The Morgan fingerprint density at radius 3 is 2.57 bits per heavy atom. The summed E-state index contributed by atoms with van der Waals surface area (Å²) in [6, 6.07) is 8.39. The minimum Gasteiger partial charge on any atom is -0.377 e. The van der Waals surface area contributed by atoms with E-state index in [0.717, 1.165) is 27.8 Å². The molecule has 0 aliphatic rings. The van der Waals surface area contributed by atoms with Crippen LogP contribution in [0.3, 0.4) is 0 Å². The van der Waals surface area contributed by atoms with E-state index in [9.17, 15) is 0 Å². The maximum absolute atomic E-state index is 4.51. The average Bonchev–Trinajstić information content (AvgIpc) is 3.08. The van der Waals surface area contributed by atoms with Gasteiger partial charge in [-0.3, -0.25) is 0 Å². The second-order valence-electron chi connectivity index (χ2n) is 5.00. The highest BCUT2D eigenvalue weighted by atomic mass is 32.1. The van der Waals surface area contributed by atoms with E-state index in [-0.39, 0.29) is 6.04 Å². The topological polar surface area (TPSA) is 55.6 Å². The van der Waals surface area contributed by atoms with E-state index in [1.54, 1.807) is 17.7 Å². The van der Waals surface area contributed by atoms with Crippen LogP contribution in [-0.2, 0) is 7.05 Å². The number of aromatic nitrogens is 4. The Labute approximate surface area is 127 Å². The molecule has 1 unspecified atom stereocenters. The number of benzene rings is 1. The predicted molar refractivity (Wildman–Crippen MR) is 85.3 cm³/mol. The minimum atomic E-state index is 0.190. The Morgan fingerprint density at radius 1 is 1.24 bits per heavy atom. The highest BCUT2D eigenvalue weighted by molar-refractivity contribution is 7.09. The largest absolute Gasteiger partial charge is 0.377 e. The number of thiazole rings is 1. The summed E-state index contributed by atoms with van der Waals surface area (Å²) in [5.41, 5.74) is 3.20. The van der Waals surface area contributed by atoms with Crippen LogP contribution in [0.2, 0.25) is 0 Å². The summed E-state index contributed by atoms with van der Waals surface area (Å²) in [7, 11) is 1.94. The van der Waals surface area contributed by atoms with Crippen molar-refractivity contribution < 1.29 is 0 Å². The number of aryl methyl sites for hydroxylation is 2. The van der Waals surface area contributed by atoms with Gasteiger partial charge in [0.2, 0.25) is 0 Å². The highest BCUT2D eigenvalue weighted by Crippen LogP contribution is 2.23. The molecule has 5 nitrogen and oxygen atoms in total. The molecular formula is C15H17N5S. The van der Waals surface area contributed by atoms with Crippen molar-refractivity contribution in [2.45, 2.75) is 19.9 Å². The third kappa shape index (κ3) is 2.95. The molecule has 0 aliphatic heterocycles. The van der Waals surface area contributed by atoms with Crippen molar-refractivity contribution in [3.8, 4) is 11.4 Å². The van der Waals surface area contributed by atoms with Gasteiger partial charge in [-0.2, -0.15) is 0 Å². The van der Waals surface area contributed by atoms with Crippen LogP contribution < -0.4 is 5.32 Å². The zero-order valence-electron chi connectivity index (χ0n) is 12.2. The lowest BCUT2D eigenvalue weighted by Crippen LogP contribution is -2.06. The first kappa shape index (κ1) is 13.8. The summed E-state index contributed by atoms with van der Waals surface area (Å²) in [4.78, 5) is 4.51. The Kier molecular flexibility index (Phi) is 3.70. The summed E-state index contributed by atoms with van der Waals surface area (Å²) in [5, 5.41) is 14.7. The first-order valence-electron chi connectivity index (χ1n) is 6.76. The van der Waals surface area contributed by atoms with Crippen LogP contribution in [0.4, 0.5) is 5.69 Å². The quantitative estimate of drug-likeness (QED) is 0.802. The van der Waals surface area contributed by atoms with Crippen LogP contribution >= 0.6 is 11.3 Å². The normalized spacial score (nSPS) is 12.3. The molecule has 3 aromatic rings. The van der Waals surface area contributed by atoms with Crippen LogP contribution in [0.5, 0.6) is 0 Å². The third-order valence-corrected chi connectivity index (χ3v) is 4.11. The van der Waals surface area contributed by atoms with E-state index >= 15 is 0 Å². The van der Waals surface area contributed by atoms with Gasteiger partial charge in [-0.25, -0.2) is 4.98 Å². The molecule has 21 heavy (non-hydrogen) atoms. The molecule has 2 aromatic heterocycles. The van der Waals surface area contributed by atoms with Crippen LogP contribution in [-0.4, -0.2) is 19.7 Å². The molecule has 108 valence electrons. The van der Waals surface area contributed by atoms with E-state index in [2.05, 4.69) is 44.9 Å². The average molecular weight is 299 g/mol. The Hall–Kier alpha value is -2.21. The van der Waals surface area contributed by atoms with E-state index in [1.165, 1.54) is 0 Å². The van der Waals surface area contributed by atoms with E-state index < -0.39 is 0 Å². The number of nitrogens with one attached hydrogen (secondary N) is 1. The molecule has 0 bridgehead atoms. The summed E-state index contributed by atoms with van der Waals surface area (Å²) in [6.07, 6.45) is 1.70. The van der Waals surface area contributed by atoms with Crippen molar-refractivity contribution in [2.75, 3.05) is 5.32 Å². The summed E-state index contributed by atoms with van der Waals surface area (Å²) >= 11 is 1.68. The van der Waals surface area contributed by atoms with Crippen molar-refractivity contribution in [3.05, 3.63) is 46.7 Å². The monoisotopic (exact) mass is 299 g/mol. The fourth-order valence-electron chi connectivity index (χ4n) is 2.16. The fraction of sp³-hybridized carbons (Fsp3) is 0.267. The summed E-state index contributed by atoms with van der Waals surface area (Å²) in [6.45, 7) is 4.14. The SMILES string of the molecule is Cc1nc(C(C)Nc2ccc(-c3nncn3C)cc2)cs1. The highest BCUT2D eigenvalue weighted by Gasteiger charge is 2.09. The Morgan fingerprint density at radius 2 is 2.00 bits per heavy atom. The van der Waals surface area contributed by atoms with Gasteiger partial charge in [-0.05, 0) is 38.1 Å². The first-order chi connectivity index (χ1) is 10.1. The van der Waals surface area contributed by atoms with Crippen LogP contribution in [0, 0.1) is 6.92 Å². The minimum absolute atomic E-state index is 0.190. The zero-order chi connectivity index (χ0) is 14.8. The van der Waals surface area contributed by atoms with Crippen molar-refractivity contribution in [3.63, 3.8) is 0 Å². The second-order valence-corrected chi connectivity index (χ2v) is 6.06. The molecule has 0 amide bonds. The molecule has 3 rings (SSSR count). The molecule has 1 atom stereocenters. The smallest absolute Gasteiger partial charge is 0.163 e. The predicted octanol–water partition coefficient (Wildman–Crippen LogP) is 3.42. The van der Waals surface area contributed by atoms with Gasteiger partial charge in [0.15, 0.2) is 5.82 Å². The maximum atomic E-state index is 4.51. The van der Waals surface area contributed by atoms with Crippen molar-refractivity contribution in [2.24, 2.45) is 7.05 Å². The zero-order valence-corrected chi connectivity index (χ0v) is 13.1. The van der Waals surface area contributed by atoms with Gasteiger partial charge in [-0.1, -0.05) is 0 Å². The Bertz CT molecular complexity index is 729. The van der Waals surface area contributed by atoms with Gasteiger partial charge in [-0.15, -0.1) is 21.5 Å². The standard InChI is InChI=1S/C15H17N5S/c1-10(14-8-21-11(2)18-14)17-13-6-4-12(5-7-13)15-19-16-9-20(15)3/h4-10,17H,1-3H3. The number of hydrogen-bond donors (Lipinski definition) is 1. The number of hydrogen-bond acceptors (Lipinski definition) is 5. The van der Waals surface area contributed by atoms with Gasteiger partial charge >= 0.3 is 0 Å². The maximum Gasteiger partial charge on any atom is 0.163 e. The molecule has 0 fully saturated rings. The van der Waals surface area contributed by atoms with Gasteiger partial charge in [0.05, 0.1) is 16.7 Å². The molecule has 0 spiro atoms. The Balaban J connectivity index is 1.74. The molecular weight excluding hydrogens is 282 g/mol. The molecule has 0 radical (unpaired) electrons. The van der Waals surface area contributed by atoms with Crippen LogP contribution in [0.1, 0.15) is 23.7 Å². The molecule has 1 aromatic carbocycles. The molecule has 0 saturated carbocycles. The number of rotatable bonds is 4. The lowest BCUT2D eigenvalue weighted by atomic mass is 10.1. The van der Waals surface area contributed by atoms with Crippen molar-refractivity contribution in [1.82, 2.24) is 19.7 Å². The fourth-order valence-corrected chi connectivity index (χ4v) is 2.87. The first-order valence-corrected chi connectivity index (χ1v) is 7.64. The van der Waals surface area contributed by atoms with Crippen LogP contribution in [0.25, 0.3) is 11.4 Å². The van der Waals surface area contributed by atoms with Gasteiger partial charge in [0, 0.05) is 23.7 Å². The van der Waals surface area contributed by atoms with Gasteiger partial charge in [0.25, 0.3) is 0 Å². The van der Waals surface area contributed by atoms with Gasteiger partial charge < -0.3 is 9.88 Å². The lowest BCUT2D eigenvalue weighted by molar-refractivity contribution is 0.845.